The van der Waals surface area contributed by atoms with Gasteiger partial charge in [-0.1, -0.05) is 0 Å². The highest BCUT2D eigenvalue weighted by atomic mass is 16.2. The Morgan fingerprint density at radius 1 is 1.46 bits per heavy atom. The highest BCUT2D eigenvalue weighted by Gasteiger charge is 2.28. The maximum absolute atomic E-state index is 12.4. The van der Waals surface area contributed by atoms with Crippen molar-refractivity contribution in [2.45, 2.75) is 19.0 Å². The van der Waals surface area contributed by atoms with Crippen LogP contribution in [0.15, 0.2) is 37.1 Å². The van der Waals surface area contributed by atoms with Gasteiger partial charge in [0.15, 0.2) is 0 Å². The molecule has 1 atom stereocenters. The van der Waals surface area contributed by atoms with E-state index in [9.17, 15) is 4.79 Å². The SMILES string of the molecule is Cn1cc(CCNC(=O)C2NCc3ncncc32)c2cccnc21. The fourth-order valence-electron chi connectivity index (χ4n) is 3.21. The first-order valence-electron chi connectivity index (χ1n) is 7.93. The monoisotopic (exact) mass is 322 g/mol. The van der Waals surface area contributed by atoms with Gasteiger partial charge in [0.2, 0.25) is 5.91 Å². The van der Waals surface area contributed by atoms with Gasteiger partial charge < -0.3 is 9.88 Å². The Morgan fingerprint density at radius 3 is 3.29 bits per heavy atom. The number of pyridine rings is 1. The molecular weight excluding hydrogens is 304 g/mol. The van der Waals surface area contributed by atoms with Crippen LogP contribution in [0.1, 0.15) is 22.9 Å². The van der Waals surface area contributed by atoms with Crippen molar-refractivity contribution in [1.82, 2.24) is 30.2 Å². The molecule has 2 N–H and O–H groups in total. The van der Waals surface area contributed by atoms with E-state index in [1.54, 1.807) is 12.4 Å². The number of fused-ring (bicyclic) bond motifs is 2. The number of carbonyl (C=O) groups is 1. The molecule has 1 unspecified atom stereocenters. The van der Waals surface area contributed by atoms with Crippen LogP contribution in [-0.2, 0) is 24.8 Å². The van der Waals surface area contributed by atoms with Crippen molar-refractivity contribution >= 4 is 16.9 Å². The zero-order chi connectivity index (χ0) is 16.5. The van der Waals surface area contributed by atoms with Crippen molar-refractivity contribution in [2.24, 2.45) is 7.05 Å². The Kier molecular flexibility index (Phi) is 3.70. The molecule has 1 aliphatic heterocycles. The van der Waals surface area contributed by atoms with Crippen LogP contribution in [0, 0.1) is 0 Å². The second-order valence-corrected chi connectivity index (χ2v) is 5.92. The van der Waals surface area contributed by atoms with Gasteiger partial charge in [0, 0.05) is 49.7 Å². The van der Waals surface area contributed by atoms with Crippen molar-refractivity contribution in [3.05, 3.63) is 53.9 Å². The van der Waals surface area contributed by atoms with Gasteiger partial charge in [-0.15, -0.1) is 0 Å². The lowest BCUT2D eigenvalue weighted by Gasteiger charge is -2.11. The number of rotatable bonds is 4. The summed E-state index contributed by atoms with van der Waals surface area (Å²) in [6.45, 7) is 1.18. The maximum Gasteiger partial charge on any atom is 0.241 e. The molecule has 0 saturated heterocycles. The molecule has 0 bridgehead atoms. The molecule has 0 aliphatic carbocycles. The van der Waals surface area contributed by atoms with Crippen molar-refractivity contribution in [1.29, 1.82) is 0 Å². The van der Waals surface area contributed by atoms with Crippen LogP contribution in [0.5, 0.6) is 0 Å². The van der Waals surface area contributed by atoms with E-state index in [4.69, 9.17) is 0 Å². The molecule has 0 fully saturated rings. The number of amides is 1. The molecule has 1 aliphatic rings. The van der Waals surface area contributed by atoms with Gasteiger partial charge >= 0.3 is 0 Å². The topological polar surface area (TPSA) is 84.7 Å². The summed E-state index contributed by atoms with van der Waals surface area (Å²) in [7, 11) is 1.98. The molecule has 3 aromatic heterocycles. The van der Waals surface area contributed by atoms with Crippen molar-refractivity contribution < 1.29 is 4.79 Å². The Labute approximate surface area is 139 Å². The van der Waals surface area contributed by atoms with Gasteiger partial charge in [-0.05, 0) is 24.1 Å². The first-order valence-corrected chi connectivity index (χ1v) is 7.93. The Balaban J connectivity index is 1.42. The summed E-state index contributed by atoms with van der Waals surface area (Å²) in [5.41, 5.74) is 3.90. The third kappa shape index (κ3) is 2.52. The average Bonchev–Trinajstić information content (AvgIpc) is 3.17. The number of aromatic nitrogens is 4. The Bertz CT molecular complexity index is 903. The molecule has 0 spiro atoms. The van der Waals surface area contributed by atoms with E-state index < -0.39 is 0 Å². The van der Waals surface area contributed by atoms with Crippen LogP contribution >= 0.6 is 0 Å². The van der Waals surface area contributed by atoms with Crippen LogP contribution in [0.25, 0.3) is 11.0 Å². The fourth-order valence-corrected chi connectivity index (χ4v) is 3.21. The highest BCUT2D eigenvalue weighted by molar-refractivity contribution is 5.84. The molecule has 1 amide bonds. The zero-order valence-corrected chi connectivity index (χ0v) is 13.4. The molecular formula is C17H18N6O. The second-order valence-electron chi connectivity index (χ2n) is 5.92. The van der Waals surface area contributed by atoms with Gasteiger partial charge in [0.05, 0.1) is 5.69 Å². The largest absolute Gasteiger partial charge is 0.354 e. The van der Waals surface area contributed by atoms with E-state index in [1.807, 2.05) is 17.7 Å². The number of aryl methyl sites for hydroxylation is 1. The molecule has 7 heteroatoms. The minimum atomic E-state index is -0.365. The molecule has 3 aromatic rings. The molecule has 0 saturated carbocycles. The standard InChI is InChI=1S/C17H18N6O/c1-23-9-11(12-3-2-5-19-16(12)23)4-6-20-17(24)15-13-7-18-10-22-14(13)8-21-15/h2-3,5,7,9-10,15,21H,4,6,8H2,1H3,(H,20,24). The lowest BCUT2D eigenvalue weighted by molar-refractivity contribution is -0.123. The quantitative estimate of drug-likeness (QED) is 0.744. The molecule has 7 nitrogen and oxygen atoms in total. The van der Waals surface area contributed by atoms with E-state index in [0.29, 0.717) is 13.1 Å². The lowest BCUT2D eigenvalue weighted by Crippen LogP contribution is -2.35. The van der Waals surface area contributed by atoms with Crippen LogP contribution in [0.4, 0.5) is 0 Å². The van der Waals surface area contributed by atoms with Gasteiger partial charge in [-0.2, -0.15) is 0 Å². The summed E-state index contributed by atoms with van der Waals surface area (Å²) < 4.78 is 2.01. The third-order valence-electron chi connectivity index (χ3n) is 4.38. The predicted molar refractivity (Wildman–Crippen MR) is 89.0 cm³/mol. The Morgan fingerprint density at radius 2 is 2.38 bits per heavy atom. The minimum Gasteiger partial charge on any atom is -0.354 e. The zero-order valence-electron chi connectivity index (χ0n) is 13.4. The van der Waals surface area contributed by atoms with Crippen LogP contribution < -0.4 is 10.6 Å². The van der Waals surface area contributed by atoms with E-state index in [1.165, 1.54) is 11.9 Å². The van der Waals surface area contributed by atoms with Gasteiger partial charge in [0.25, 0.3) is 0 Å². The van der Waals surface area contributed by atoms with Gasteiger partial charge in [0.1, 0.15) is 18.0 Å². The average molecular weight is 322 g/mol. The normalized spacial score (nSPS) is 16.3. The number of nitrogens with one attached hydrogen (secondary N) is 2. The molecule has 4 heterocycles. The second kappa shape index (κ2) is 6.01. The number of carbonyl (C=O) groups excluding carboxylic acids is 1. The Hall–Kier alpha value is -2.80. The molecule has 24 heavy (non-hydrogen) atoms. The number of hydrogen-bond acceptors (Lipinski definition) is 5. The summed E-state index contributed by atoms with van der Waals surface area (Å²) >= 11 is 0. The van der Waals surface area contributed by atoms with Crippen LogP contribution in [0.3, 0.4) is 0 Å². The maximum atomic E-state index is 12.4. The highest BCUT2D eigenvalue weighted by Crippen LogP contribution is 2.22. The fraction of sp³-hybridized carbons (Fsp3) is 0.294. The van der Waals surface area contributed by atoms with E-state index in [2.05, 4.69) is 37.8 Å². The van der Waals surface area contributed by atoms with Gasteiger partial charge in [-0.3, -0.25) is 10.1 Å². The molecule has 0 radical (unpaired) electrons. The number of nitrogens with zero attached hydrogens (tertiary/aromatic N) is 4. The first-order chi connectivity index (χ1) is 11.7. The first kappa shape index (κ1) is 14.8. The molecule has 4 rings (SSSR count). The van der Waals surface area contributed by atoms with Crippen molar-refractivity contribution in [3.8, 4) is 0 Å². The minimum absolute atomic E-state index is 0.0399. The lowest BCUT2D eigenvalue weighted by atomic mass is 10.1. The molecule has 0 aromatic carbocycles. The van der Waals surface area contributed by atoms with Crippen LogP contribution in [0.2, 0.25) is 0 Å². The summed E-state index contributed by atoms with van der Waals surface area (Å²) in [5, 5.41) is 7.31. The van der Waals surface area contributed by atoms with E-state index in [-0.39, 0.29) is 11.9 Å². The third-order valence-corrected chi connectivity index (χ3v) is 4.38. The van der Waals surface area contributed by atoms with Crippen molar-refractivity contribution in [3.63, 3.8) is 0 Å². The van der Waals surface area contributed by atoms with E-state index in [0.717, 1.165) is 28.7 Å². The summed E-state index contributed by atoms with van der Waals surface area (Å²) in [5.74, 6) is -0.0399. The summed E-state index contributed by atoms with van der Waals surface area (Å²) in [6.07, 6.45) is 7.85. The molecule has 122 valence electrons. The smallest absolute Gasteiger partial charge is 0.241 e. The summed E-state index contributed by atoms with van der Waals surface area (Å²) in [6, 6.07) is 3.63. The number of hydrogen-bond donors (Lipinski definition) is 2. The van der Waals surface area contributed by atoms with E-state index >= 15 is 0 Å². The predicted octanol–water partition coefficient (Wildman–Crippen LogP) is 0.866. The van der Waals surface area contributed by atoms with Gasteiger partial charge in [-0.25, -0.2) is 15.0 Å². The summed E-state index contributed by atoms with van der Waals surface area (Å²) in [4.78, 5) is 25.0. The van der Waals surface area contributed by atoms with Crippen molar-refractivity contribution in [2.75, 3.05) is 6.54 Å². The van der Waals surface area contributed by atoms with Crippen LogP contribution in [-0.4, -0.2) is 32.0 Å².